The average Bonchev–Trinajstić information content (AvgIpc) is 3.19. The molecule has 1 aromatic carbocycles. The van der Waals surface area contributed by atoms with Gasteiger partial charge in [-0.25, -0.2) is 4.79 Å². The van der Waals surface area contributed by atoms with Gasteiger partial charge in [0.15, 0.2) is 0 Å². The van der Waals surface area contributed by atoms with Gasteiger partial charge in [0.1, 0.15) is 48.0 Å². The fraction of sp³-hybridized carbons (Fsp3) is 0.595. The Labute approximate surface area is 351 Å². The Morgan fingerprint density at radius 3 is 1.59 bits per heavy atom. The van der Waals surface area contributed by atoms with E-state index in [-0.39, 0.29) is 31.6 Å². The van der Waals surface area contributed by atoms with Gasteiger partial charge in [-0.3, -0.25) is 38.4 Å². The van der Waals surface area contributed by atoms with E-state index < -0.39 is 133 Å². The lowest BCUT2D eigenvalue weighted by Gasteiger charge is -2.28. The molecule has 24 nitrogen and oxygen atoms in total. The smallest absolute Gasteiger partial charge is 0.326 e. The first kappa shape index (κ1) is 53.1. The van der Waals surface area contributed by atoms with Crippen molar-refractivity contribution in [1.82, 2.24) is 37.2 Å². The summed E-state index contributed by atoms with van der Waals surface area (Å²) < 4.78 is 0. The van der Waals surface area contributed by atoms with Gasteiger partial charge >= 0.3 is 5.97 Å². The molecule has 0 aliphatic heterocycles. The molecule has 0 aromatic heterocycles. The zero-order valence-electron chi connectivity index (χ0n) is 34.4. The number of aliphatic hydroxyl groups excluding tert-OH is 3. The van der Waals surface area contributed by atoms with Crippen LogP contribution >= 0.6 is 0 Å². The molecule has 9 atom stereocenters. The highest BCUT2D eigenvalue weighted by Gasteiger charge is 2.35. The van der Waals surface area contributed by atoms with Crippen molar-refractivity contribution in [3.05, 3.63) is 29.8 Å². The van der Waals surface area contributed by atoms with E-state index >= 15 is 0 Å². The van der Waals surface area contributed by atoms with Crippen molar-refractivity contribution in [3.63, 3.8) is 0 Å². The summed E-state index contributed by atoms with van der Waals surface area (Å²) in [6.45, 7) is 3.69. The number of hydrogen-bond acceptors (Lipinski definition) is 15. The third kappa shape index (κ3) is 18.5. The maximum Gasteiger partial charge on any atom is 0.326 e. The molecule has 0 spiro atoms. The molecule has 342 valence electrons. The van der Waals surface area contributed by atoms with Crippen molar-refractivity contribution in [2.24, 2.45) is 23.1 Å². The van der Waals surface area contributed by atoms with Crippen LogP contribution in [0.5, 0.6) is 5.75 Å². The lowest BCUT2D eigenvalue weighted by atomic mass is 10.0. The molecule has 0 saturated heterocycles. The number of nitrogens with one attached hydrogen (secondary N) is 7. The van der Waals surface area contributed by atoms with Gasteiger partial charge < -0.3 is 80.0 Å². The predicted molar refractivity (Wildman–Crippen MR) is 214 cm³/mol. The van der Waals surface area contributed by atoms with E-state index in [1.54, 1.807) is 13.8 Å². The number of aliphatic carboxylic acids is 1. The van der Waals surface area contributed by atoms with E-state index in [1.807, 2.05) is 0 Å². The van der Waals surface area contributed by atoms with Gasteiger partial charge in [-0.05, 0) is 69.7 Å². The summed E-state index contributed by atoms with van der Waals surface area (Å²) in [5, 5.41) is 64.9. The van der Waals surface area contributed by atoms with Crippen molar-refractivity contribution >= 4 is 53.2 Å². The topological polar surface area (TPSA) is 417 Å². The standard InChI is InChI=1S/C37H60N10O14/c1-17(2)28(35(58)41-18(3)30(53)43-24(37(60)61)14-27(40)52)46-32(55)23(7-5-6-12-38)42-33(56)25(15-48)45-36(59)29(19(4)50)47-34(57)26(16-49)44-31(54)22(39)13-20-8-10-21(51)11-9-20/h8-11,17-19,22-26,28-29,48-51H,5-7,12-16,38-39H2,1-4H3,(H2,40,52)(H,41,58)(H,42,56)(H,43,53)(H,44,54)(H,45,59)(H,46,55)(H,47,57)(H,60,61)/t18-,19+,22-,23-,24-,25-,26-,28-,29-/m0/s1. The van der Waals surface area contributed by atoms with Gasteiger partial charge in [0.2, 0.25) is 47.3 Å². The average molecular weight is 869 g/mol. The van der Waals surface area contributed by atoms with E-state index in [0.717, 1.165) is 6.92 Å². The van der Waals surface area contributed by atoms with Gasteiger partial charge in [0.25, 0.3) is 0 Å². The fourth-order valence-electron chi connectivity index (χ4n) is 5.46. The number of aliphatic hydroxyl groups is 3. The lowest BCUT2D eigenvalue weighted by Crippen LogP contribution is -2.62. The number of nitrogens with two attached hydrogens (primary N) is 3. The number of unbranched alkanes of at least 4 members (excludes halogenated alkanes) is 1. The Balaban J connectivity index is 3.07. The van der Waals surface area contributed by atoms with E-state index in [0.29, 0.717) is 12.0 Å². The van der Waals surface area contributed by atoms with Crippen LogP contribution in [0.2, 0.25) is 0 Å². The van der Waals surface area contributed by atoms with Crippen molar-refractivity contribution in [2.45, 2.75) is 114 Å². The molecule has 1 rings (SSSR count). The maximum absolute atomic E-state index is 13.6. The van der Waals surface area contributed by atoms with Crippen LogP contribution in [-0.2, 0) is 49.6 Å². The van der Waals surface area contributed by atoms with Crippen LogP contribution in [0.25, 0.3) is 0 Å². The molecule has 0 saturated carbocycles. The molecule has 0 aliphatic carbocycles. The van der Waals surface area contributed by atoms with Gasteiger partial charge in [-0.2, -0.15) is 0 Å². The summed E-state index contributed by atoms with van der Waals surface area (Å²) in [6, 6.07) is -6.31. The molecule has 18 N–H and O–H groups in total. The summed E-state index contributed by atoms with van der Waals surface area (Å²) in [4.78, 5) is 115. The summed E-state index contributed by atoms with van der Waals surface area (Å²) in [7, 11) is 0. The lowest BCUT2D eigenvalue weighted by molar-refractivity contribution is -0.143. The number of hydrogen-bond donors (Lipinski definition) is 15. The monoisotopic (exact) mass is 868 g/mol. The molecule has 0 unspecified atom stereocenters. The molecule has 0 fully saturated rings. The van der Waals surface area contributed by atoms with Crippen LogP contribution in [0.15, 0.2) is 24.3 Å². The van der Waals surface area contributed by atoms with E-state index in [9.17, 15) is 68.7 Å². The molecule has 0 radical (unpaired) electrons. The quantitative estimate of drug-likeness (QED) is 0.0366. The zero-order valence-corrected chi connectivity index (χ0v) is 34.4. The second-order valence-electron chi connectivity index (χ2n) is 14.6. The van der Waals surface area contributed by atoms with Crippen molar-refractivity contribution in [3.8, 4) is 5.75 Å². The molecule has 8 amide bonds. The number of benzene rings is 1. The van der Waals surface area contributed by atoms with Gasteiger partial charge in [-0.15, -0.1) is 0 Å². The zero-order chi connectivity index (χ0) is 46.6. The van der Waals surface area contributed by atoms with E-state index in [2.05, 4.69) is 37.2 Å². The summed E-state index contributed by atoms with van der Waals surface area (Å²) >= 11 is 0. The molecule has 0 heterocycles. The Hall–Kier alpha value is -5.95. The largest absolute Gasteiger partial charge is 0.508 e. The number of phenolic OH excluding ortho intramolecular Hbond substituents is 1. The Bertz CT molecular complexity index is 1680. The first-order valence-electron chi connectivity index (χ1n) is 19.3. The van der Waals surface area contributed by atoms with Gasteiger partial charge in [0, 0.05) is 0 Å². The van der Waals surface area contributed by atoms with Crippen LogP contribution < -0.4 is 54.4 Å². The first-order valence-corrected chi connectivity index (χ1v) is 19.3. The van der Waals surface area contributed by atoms with Crippen LogP contribution in [0.3, 0.4) is 0 Å². The van der Waals surface area contributed by atoms with Crippen LogP contribution in [0, 0.1) is 5.92 Å². The van der Waals surface area contributed by atoms with Crippen LogP contribution in [-0.4, -0.2) is 153 Å². The highest BCUT2D eigenvalue weighted by molar-refractivity contribution is 5.98. The maximum atomic E-state index is 13.6. The van der Waals surface area contributed by atoms with E-state index in [4.69, 9.17) is 17.2 Å². The van der Waals surface area contributed by atoms with Crippen molar-refractivity contribution in [1.29, 1.82) is 0 Å². The van der Waals surface area contributed by atoms with Crippen molar-refractivity contribution < 1.29 is 68.7 Å². The number of primary amides is 1. The number of amides is 8. The van der Waals surface area contributed by atoms with E-state index in [1.165, 1.54) is 31.2 Å². The molecule has 0 bridgehead atoms. The number of carboxylic acids is 1. The summed E-state index contributed by atoms with van der Waals surface area (Å²) in [6.07, 6.45) is -1.69. The second-order valence-corrected chi connectivity index (χ2v) is 14.6. The number of rotatable bonds is 27. The third-order valence-electron chi connectivity index (χ3n) is 9.02. The molecule has 0 aliphatic rings. The minimum Gasteiger partial charge on any atom is -0.508 e. The molecular formula is C37H60N10O14. The number of phenols is 1. The van der Waals surface area contributed by atoms with Crippen molar-refractivity contribution in [2.75, 3.05) is 19.8 Å². The minimum absolute atomic E-state index is 0.00255. The number of carbonyl (C=O) groups is 9. The summed E-state index contributed by atoms with van der Waals surface area (Å²) in [5.74, 6) is -10.1. The predicted octanol–water partition coefficient (Wildman–Crippen LogP) is -6.21. The Morgan fingerprint density at radius 2 is 1.10 bits per heavy atom. The van der Waals surface area contributed by atoms with Crippen LogP contribution in [0.1, 0.15) is 58.9 Å². The number of carboxylic acid groups (broad SMARTS) is 1. The normalized spacial score (nSPS) is 15.5. The number of aromatic hydroxyl groups is 1. The SMILES string of the molecule is CC(C)[C@H](NC(=O)[C@H](CCCCN)NC(=O)[C@H](CO)NC(=O)[C@@H](NC(=O)[C@H](CO)NC(=O)[C@@H](N)Cc1ccc(O)cc1)[C@@H](C)O)C(=O)N[C@@H](C)C(=O)N[C@@H](CC(N)=O)C(=O)O. The third-order valence-corrected chi connectivity index (χ3v) is 9.02. The Kier molecular flexibility index (Phi) is 22.9. The highest BCUT2D eigenvalue weighted by atomic mass is 16.4. The first-order chi connectivity index (χ1) is 28.6. The summed E-state index contributed by atoms with van der Waals surface area (Å²) in [5.41, 5.74) is 17.2. The molecule has 61 heavy (non-hydrogen) atoms. The van der Waals surface area contributed by atoms with Gasteiger partial charge in [-0.1, -0.05) is 26.0 Å². The van der Waals surface area contributed by atoms with Crippen LogP contribution in [0.4, 0.5) is 0 Å². The highest BCUT2D eigenvalue weighted by Crippen LogP contribution is 2.11. The molecule has 24 heteroatoms. The van der Waals surface area contributed by atoms with Gasteiger partial charge in [0.05, 0.1) is 31.8 Å². The molecular weight excluding hydrogens is 808 g/mol. The number of carbonyl (C=O) groups excluding carboxylic acids is 8. The fourth-order valence-corrected chi connectivity index (χ4v) is 5.46. The second kappa shape index (κ2) is 26.3. The molecule has 1 aromatic rings. The minimum atomic E-state index is -1.80. The Morgan fingerprint density at radius 1 is 0.623 bits per heavy atom.